The van der Waals surface area contributed by atoms with Crippen molar-refractivity contribution in [2.24, 2.45) is 0 Å². The Kier molecular flexibility index (Phi) is 3.82. The standard InChI is InChI=1S/C12H8ClNO5/c13-8-3-4-11(9(6-8)14(16)17)19-7-10(15)12-2-1-5-18-12/h1-6H,7H2. The summed E-state index contributed by atoms with van der Waals surface area (Å²) in [5.41, 5.74) is -0.292. The van der Waals surface area contributed by atoms with E-state index in [1.165, 1.54) is 24.5 Å². The van der Waals surface area contributed by atoms with Crippen LogP contribution in [0.25, 0.3) is 0 Å². The molecular formula is C12H8ClNO5. The number of Topliss-reactive ketones (excluding diaryl/α,β-unsaturated/α-hetero) is 1. The molecule has 2 aromatic rings. The highest BCUT2D eigenvalue weighted by Gasteiger charge is 2.17. The smallest absolute Gasteiger partial charge is 0.312 e. The van der Waals surface area contributed by atoms with E-state index < -0.39 is 10.7 Å². The van der Waals surface area contributed by atoms with Gasteiger partial charge < -0.3 is 9.15 Å². The predicted octanol–water partition coefficient (Wildman–Crippen LogP) is 3.10. The Bertz CT molecular complexity index is 609. The molecule has 0 aliphatic carbocycles. The van der Waals surface area contributed by atoms with Crippen LogP contribution < -0.4 is 4.74 Å². The number of rotatable bonds is 5. The van der Waals surface area contributed by atoms with Crippen molar-refractivity contribution >= 4 is 23.1 Å². The van der Waals surface area contributed by atoms with Crippen LogP contribution in [0.1, 0.15) is 10.6 Å². The van der Waals surface area contributed by atoms with Crippen molar-refractivity contribution in [3.8, 4) is 5.75 Å². The van der Waals surface area contributed by atoms with Gasteiger partial charge in [-0.2, -0.15) is 0 Å². The van der Waals surface area contributed by atoms with Crippen molar-refractivity contribution in [1.82, 2.24) is 0 Å². The second kappa shape index (κ2) is 5.53. The zero-order chi connectivity index (χ0) is 13.8. The van der Waals surface area contributed by atoms with Crippen LogP contribution in [0.3, 0.4) is 0 Å². The fourth-order valence-corrected chi connectivity index (χ4v) is 1.57. The van der Waals surface area contributed by atoms with Gasteiger partial charge >= 0.3 is 5.69 Å². The summed E-state index contributed by atoms with van der Waals surface area (Å²) in [6, 6.07) is 7.01. The summed E-state index contributed by atoms with van der Waals surface area (Å²) in [5.74, 6) is -0.292. The van der Waals surface area contributed by atoms with E-state index in [-0.39, 0.29) is 28.8 Å². The van der Waals surface area contributed by atoms with Crippen LogP contribution in [-0.4, -0.2) is 17.3 Å². The minimum atomic E-state index is -0.626. The Morgan fingerprint density at radius 1 is 1.42 bits per heavy atom. The van der Waals surface area contributed by atoms with Crippen LogP contribution >= 0.6 is 11.6 Å². The van der Waals surface area contributed by atoms with Gasteiger partial charge in [0.15, 0.2) is 18.1 Å². The van der Waals surface area contributed by atoms with E-state index in [0.717, 1.165) is 6.07 Å². The Balaban J connectivity index is 2.11. The maximum absolute atomic E-state index is 11.6. The summed E-state index contributed by atoms with van der Waals surface area (Å²) in [6.45, 7) is -0.351. The number of ether oxygens (including phenoxy) is 1. The number of hydrogen-bond acceptors (Lipinski definition) is 5. The number of carbonyl (C=O) groups is 1. The Morgan fingerprint density at radius 2 is 2.21 bits per heavy atom. The highest BCUT2D eigenvalue weighted by atomic mass is 35.5. The molecular weight excluding hydrogens is 274 g/mol. The van der Waals surface area contributed by atoms with Gasteiger partial charge in [-0.3, -0.25) is 14.9 Å². The molecule has 1 aromatic heterocycles. The summed E-state index contributed by atoms with van der Waals surface area (Å²) in [4.78, 5) is 21.8. The van der Waals surface area contributed by atoms with Gasteiger partial charge in [0, 0.05) is 11.1 Å². The molecule has 0 spiro atoms. The molecule has 0 N–H and O–H groups in total. The molecule has 6 nitrogen and oxygen atoms in total. The van der Waals surface area contributed by atoms with Gasteiger partial charge in [0.1, 0.15) is 0 Å². The van der Waals surface area contributed by atoms with Gasteiger partial charge in [-0.15, -0.1) is 0 Å². The molecule has 7 heteroatoms. The summed E-state index contributed by atoms with van der Waals surface area (Å²) < 4.78 is 10.0. The second-order valence-electron chi connectivity index (χ2n) is 3.56. The van der Waals surface area contributed by atoms with E-state index in [2.05, 4.69) is 0 Å². The van der Waals surface area contributed by atoms with Crippen LogP contribution in [0.2, 0.25) is 5.02 Å². The van der Waals surface area contributed by atoms with E-state index in [1.54, 1.807) is 6.07 Å². The van der Waals surface area contributed by atoms with E-state index >= 15 is 0 Å². The third-order valence-electron chi connectivity index (χ3n) is 2.27. The van der Waals surface area contributed by atoms with Crippen molar-refractivity contribution in [3.05, 3.63) is 57.5 Å². The van der Waals surface area contributed by atoms with Crippen LogP contribution in [-0.2, 0) is 0 Å². The summed E-state index contributed by atoms with van der Waals surface area (Å²) in [5, 5.41) is 11.0. The Labute approximate surface area is 112 Å². The van der Waals surface area contributed by atoms with Crippen molar-refractivity contribution in [3.63, 3.8) is 0 Å². The largest absolute Gasteiger partial charge is 0.478 e. The number of furan rings is 1. The fraction of sp³-hybridized carbons (Fsp3) is 0.0833. The first-order valence-electron chi connectivity index (χ1n) is 5.21. The second-order valence-corrected chi connectivity index (χ2v) is 3.99. The number of benzene rings is 1. The lowest BCUT2D eigenvalue weighted by Crippen LogP contribution is -2.11. The quantitative estimate of drug-likeness (QED) is 0.478. The molecule has 19 heavy (non-hydrogen) atoms. The molecule has 0 saturated carbocycles. The monoisotopic (exact) mass is 281 g/mol. The van der Waals surface area contributed by atoms with E-state index in [9.17, 15) is 14.9 Å². The summed E-state index contributed by atoms with van der Waals surface area (Å²) >= 11 is 5.66. The zero-order valence-corrected chi connectivity index (χ0v) is 10.3. The molecule has 0 amide bonds. The molecule has 2 rings (SSSR count). The highest BCUT2D eigenvalue weighted by molar-refractivity contribution is 6.30. The number of nitrogens with zero attached hydrogens (tertiary/aromatic N) is 1. The SMILES string of the molecule is O=C(COc1ccc(Cl)cc1[N+](=O)[O-])c1ccco1. The van der Waals surface area contributed by atoms with Crippen LogP contribution in [0.15, 0.2) is 41.0 Å². The molecule has 0 aliphatic rings. The summed E-state index contributed by atoms with van der Waals surface area (Å²) in [7, 11) is 0. The fourth-order valence-electron chi connectivity index (χ4n) is 1.41. The van der Waals surface area contributed by atoms with Crippen LogP contribution in [0.4, 0.5) is 5.69 Å². The third kappa shape index (κ3) is 3.11. The number of halogens is 1. The van der Waals surface area contributed by atoms with Gasteiger partial charge in [-0.25, -0.2) is 0 Å². The lowest BCUT2D eigenvalue weighted by Gasteiger charge is -2.05. The van der Waals surface area contributed by atoms with Crippen molar-refractivity contribution in [2.75, 3.05) is 6.61 Å². The van der Waals surface area contributed by atoms with Crippen LogP contribution in [0, 0.1) is 10.1 Å². The molecule has 98 valence electrons. The maximum atomic E-state index is 11.6. The Hall–Kier alpha value is -2.34. The molecule has 1 aromatic carbocycles. The van der Waals surface area contributed by atoms with Gasteiger partial charge in [0.25, 0.3) is 0 Å². The maximum Gasteiger partial charge on any atom is 0.312 e. The van der Waals surface area contributed by atoms with Crippen molar-refractivity contribution in [2.45, 2.75) is 0 Å². The molecule has 0 atom stereocenters. The molecule has 1 heterocycles. The lowest BCUT2D eigenvalue weighted by molar-refractivity contribution is -0.385. The number of carbonyl (C=O) groups excluding carboxylic acids is 1. The number of nitro groups is 1. The number of ketones is 1. The average molecular weight is 282 g/mol. The summed E-state index contributed by atoms with van der Waals surface area (Å²) in [6.07, 6.45) is 1.36. The van der Waals surface area contributed by atoms with Gasteiger partial charge in [-0.05, 0) is 24.3 Å². The normalized spacial score (nSPS) is 10.2. The molecule has 0 radical (unpaired) electrons. The minimum Gasteiger partial charge on any atom is -0.478 e. The molecule has 0 aliphatic heterocycles. The van der Waals surface area contributed by atoms with E-state index in [4.69, 9.17) is 20.8 Å². The first-order valence-corrected chi connectivity index (χ1v) is 5.59. The molecule has 0 bridgehead atoms. The first kappa shape index (κ1) is 13.1. The lowest BCUT2D eigenvalue weighted by atomic mass is 10.3. The van der Waals surface area contributed by atoms with Gasteiger partial charge in [0.2, 0.25) is 5.78 Å². The number of nitro benzene ring substituents is 1. The predicted molar refractivity (Wildman–Crippen MR) is 66.6 cm³/mol. The van der Waals surface area contributed by atoms with E-state index in [1.807, 2.05) is 0 Å². The molecule has 0 unspecified atom stereocenters. The van der Waals surface area contributed by atoms with Crippen LogP contribution in [0.5, 0.6) is 5.75 Å². The zero-order valence-electron chi connectivity index (χ0n) is 9.54. The number of hydrogen-bond donors (Lipinski definition) is 0. The van der Waals surface area contributed by atoms with Gasteiger partial charge in [-0.1, -0.05) is 11.6 Å². The molecule has 0 fully saturated rings. The topological polar surface area (TPSA) is 82.6 Å². The van der Waals surface area contributed by atoms with Gasteiger partial charge in [0.05, 0.1) is 11.2 Å². The highest BCUT2D eigenvalue weighted by Crippen LogP contribution is 2.29. The average Bonchev–Trinajstić information content (AvgIpc) is 2.90. The first-order chi connectivity index (χ1) is 9.08. The Morgan fingerprint density at radius 3 is 2.84 bits per heavy atom. The van der Waals surface area contributed by atoms with E-state index in [0.29, 0.717) is 0 Å². The van der Waals surface area contributed by atoms with Crippen molar-refractivity contribution < 1.29 is 18.9 Å². The van der Waals surface area contributed by atoms with Crippen molar-refractivity contribution in [1.29, 1.82) is 0 Å². The minimum absolute atomic E-state index is 0.0192. The molecule has 0 saturated heterocycles. The third-order valence-corrected chi connectivity index (χ3v) is 2.51.